The van der Waals surface area contributed by atoms with Crippen LogP contribution in [0.15, 0.2) is 17.0 Å². The van der Waals surface area contributed by atoms with Gasteiger partial charge in [-0.2, -0.15) is 0 Å². The van der Waals surface area contributed by atoms with Gasteiger partial charge in [-0.15, -0.1) is 0 Å². The van der Waals surface area contributed by atoms with Crippen molar-refractivity contribution in [3.63, 3.8) is 0 Å². The van der Waals surface area contributed by atoms with Gasteiger partial charge in [-0.25, -0.2) is 13.6 Å². The molecule has 0 aliphatic heterocycles. The predicted molar refractivity (Wildman–Crippen MR) is 86.2 cm³/mol. The first-order valence-corrected chi connectivity index (χ1v) is 9.17. The molecule has 21 heavy (non-hydrogen) atoms. The quantitative estimate of drug-likeness (QED) is 0.707. The highest BCUT2D eigenvalue weighted by atomic mass is 32.2. The molecular weight excluding hydrogens is 286 g/mol. The highest BCUT2D eigenvalue weighted by Gasteiger charge is 2.13. The number of sulfonamides is 1. The number of unbranched alkanes of at least 4 members (excludes halogenated alkanes) is 5. The van der Waals surface area contributed by atoms with Gasteiger partial charge in [-0.1, -0.05) is 39.0 Å². The molecule has 0 spiro atoms. The van der Waals surface area contributed by atoms with Crippen LogP contribution in [0.2, 0.25) is 0 Å². The summed E-state index contributed by atoms with van der Waals surface area (Å²) in [6.07, 6.45) is 7.30. The van der Waals surface area contributed by atoms with Crippen LogP contribution in [-0.2, 0) is 10.0 Å². The lowest BCUT2D eigenvalue weighted by atomic mass is 10.1. The Kier molecular flexibility index (Phi) is 7.18. The fraction of sp³-hybridized carbons (Fsp3) is 0.625. The summed E-state index contributed by atoms with van der Waals surface area (Å²) in [4.78, 5) is 0.143. The van der Waals surface area contributed by atoms with E-state index in [1.54, 1.807) is 12.1 Å². The predicted octanol–water partition coefficient (Wildman–Crippen LogP) is 3.69. The van der Waals surface area contributed by atoms with Crippen molar-refractivity contribution in [2.45, 2.75) is 64.2 Å². The molecule has 0 saturated carbocycles. The maximum Gasteiger partial charge on any atom is 0.238 e. The second-order valence-corrected chi connectivity index (χ2v) is 7.11. The largest absolute Gasteiger partial charge is 0.493 e. The average Bonchev–Trinajstić information content (AvgIpc) is 2.39. The van der Waals surface area contributed by atoms with E-state index in [9.17, 15) is 8.42 Å². The molecule has 1 aromatic rings. The maximum atomic E-state index is 11.4. The summed E-state index contributed by atoms with van der Waals surface area (Å²) in [7, 11) is -3.66. The van der Waals surface area contributed by atoms with E-state index in [1.165, 1.54) is 32.1 Å². The Labute approximate surface area is 128 Å². The van der Waals surface area contributed by atoms with Gasteiger partial charge < -0.3 is 4.74 Å². The first-order valence-electron chi connectivity index (χ1n) is 7.63. The number of hydrogen-bond acceptors (Lipinski definition) is 3. The third-order valence-corrected chi connectivity index (χ3v) is 4.40. The van der Waals surface area contributed by atoms with E-state index < -0.39 is 10.0 Å². The van der Waals surface area contributed by atoms with Crippen LogP contribution in [0.3, 0.4) is 0 Å². The minimum absolute atomic E-state index is 0.143. The zero-order valence-corrected chi connectivity index (χ0v) is 14.1. The zero-order valence-electron chi connectivity index (χ0n) is 13.3. The molecule has 0 aromatic heterocycles. The van der Waals surface area contributed by atoms with Crippen LogP contribution in [-0.4, -0.2) is 15.0 Å². The van der Waals surface area contributed by atoms with Crippen LogP contribution in [0.1, 0.15) is 56.6 Å². The van der Waals surface area contributed by atoms with E-state index in [4.69, 9.17) is 9.88 Å². The minimum atomic E-state index is -3.66. The first kappa shape index (κ1) is 18.0. The topological polar surface area (TPSA) is 69.4 Å². The first-order chi connectivity index (χ1) is 9.86. The maximum absolute atomic E-state index is 11.4. The lowest BCUT2D eigenvalue weighted by molar-refractivity contribution is 0.300. The van der Waals surface area contributed by atoms with Gasteiger partial charge >= 0.3 is 0 Å². The fourth-order valence-electron chi connectivity index (χ4n) is 2.36. The standard InChI is InChI=1S/C16H27NO3S/c1-4-5-6-7-8-9-10-20-16-13(2)11-15(12-14(16)3)21(17,18)19/h11-12H,4-10H2,1-3H3,(H2,17,18,19). The van der Waals surface area contributed by atoms with Crippen LogP contribution < -0.4 is 9.88 Å². The lowest BCUT2D eigenvalue weighted by Gasteiger charge is -2.13. The van der Waals surface area contributed by atoms with Gasteiger partial charge in [0.1, 0.15) is 5.75 Å². The Morgan fingerprint density at radius 1 is 1.00 bits per heavy atom. The Morgan fingerprint density at radius 2 is 1.52 bits per heavy atom. The summed E-state index contributed by atoms with van der Waals surface area (Å²) in [5.41, 5.74) is 1.62. The van der Waals surface area contributed by atoms with Gasteiger partial charge in [0.15, 0.2) is 0 Å². The van der Waals surface area contributed by atoms with E-state index in [1.807, 2.05) is 13.8 Å². The lowest BCUT2D eigenvalue weighted by Crippen LogP contribution is -2.13. The third kappa shape index (κ3) is 6.06. The van der Waals surface area contributed by atoms with Crippen molar-refractivity contribution in [3.8, 4) is 5.75 Å². The molecule has 0 amide bonds. The molecule has 0 unspecified atom stereocenters. The zero-order chi connectivity index (χ0) is 15.9. The summed E-state index contributed by atoms with van der Waals surface area (Å²) in [6, 6.07) is 3.14. The van der Waals surface area contributed by atoms with Crippen LogP contribution in [0, 0.1) is 13.8 Å². The molecule has 0 bridgehead atoms. The molecule has 2 N–H and O–H groups in total. The number of aryl methyl sites for hydroxylation is 2. The summed E-state index contributed by atoms with van der Waals surface area (Å²) in [6.45, 7) is 6.57. The minimum Gasteiger partial charge on any atom is -0.493 e. The third-order valence-electron chi connectivity index (χ3n) is 3.51. The fourth-order valence-corrected chi connectivity index (χ4v) is 3.04. The summed E-state index contributed by atoms with van der Waals surface area (Å²) in [5, 5.41) is 5.16. The van der Waals surface area contributed by atoms with Crippen LogP contribution in [0.4, 0.5) is 0 Å². The number of primary sulfonamides is 1. The van der Waals surface area contributed by atoms with E-state index in [2.05, 4.69) is 6.92 Å². The molecular formula is C16H27NO3S. The van der Waals surface area contributed by atoms with Crippen LogP contribution in [0.5, 0.6) is 5.75 Å². The van der Waals surface area contributed by atoms with Crippen molar-refractivity contribution in [1.82, 2.24) is 0 Å². The number of hydrogen-bond donors (Lipinski definition) is 1. The summed E-state index contributed by atoms with van der Waals surface area (Å²) in [5.74, 6) is 0.774. The van der Waals surface area contributed by atoms with Gasteiger partial charge in [0, 0.05) is 0 Å². The molecule has 0 aliphatic rings. The molecule has 0 heterocycles. The Hall–Kier alpha value is -1.07. The Bertz CT molecular complexity index is 530. The smallest absolute Gasteiger partial charge is 0.238 e. The molecule has 1 rings (SSSR count). The monoisotopic (exact) mass is 313 g/mol. The number of benzene rings is 1. The van der Waals surface area contributed by atoms with E-state index in [0.29, 0.717) is 6.61 Å². The van der Waals surface area contributed by atoms with Crippen molar-refractivity contribution in [1.29, 1.82) is 0 Å². The van der Waals surface area contributed by atoms with Crippen molar-refractivity contribution >= 4 is 10.0 Å². The van der Waals surface area contributed by atoms with Crippen LogP contribution in [0.25, 0.3) is 0 Å². The number of nitrogens with two attached hydrogens (primary N) is 1. The van der Waals surface area contributed by atoms with Crippen molar-refractivity contribution in [2.24, 2.45) is 5.14 Å². The van der Waals surface area contributed by atoms with Crippen LogP contribution >= 0.6 is 0 Å². The molecule has 4 nitrogen and oxygen atoms in total. The molecule has 120 valence electrons. The second kappa shape index (κ2) is 8.39. The van der Waals surface area contributed by atoms with Crippen molar-refractivity contribution in [2.75, 3.05) is 6.61 Å². The molecule has 0 aliphatic carbocycles. The van der Waals surface area contributed by atoms with Gasteiger partial charge in [0.25, 0.3) is 0 Å². The molecule has 1 aromatic carbocycles. The molecule has 0 saturated heterocycles. The Balaban J connectivity index is 2.53. The van der Waals surface area contributed by atoms with Gasteiger partial charge in [-0.05, 0) is 43.5 Å². The molecule has 5 heteroatoms. The van der Waals surface area contributed by atoms with E-state index >= 15 is 0 Å². The van der Waals surface area contributed by atoms with Gasteiger partial charge in [-0.3, -0.25) is 0 Å². The van der Waals surface area contributed by atoms with Gasteiger partial charge in [0.2, 0.25) is 10.0 Å². The summed E-state index contributed by atoms with van der Waals surface area (Å²) >= 11 is 0. The summed E-state index contributed by atoms with van der Waals surface area (Å²) < 4.78 is 28.5. The number of rotatable bonds is 9. The molecule has 0 fully saturated rings. The van der Waals surface area contributed by atoms with Gasteiger partial charge in [0.05, 0.1) is 11.5 Å². The molecule has 0 radical (unpaired) electrons. The highest BCUT2D eigenvalue weighted by molar-refractivity contribution is 7.89. The van der Waals surface area contributed by atoms with E-state index in [0.717, 1.165) is 23.3 Å². The highest BCUT2D eigenvalue weighted by Crippen LogP contribution is 2.26. The normalized spacial score (nSPS) is 11.6. The van der Waals surface area contributed by atoms with E-state index in [-0.39, 0.29) is 4.90 Å². The Morgan fingerprint density at radius 3 is 2.05 bits per heavy atom. The average molecular weight is 313 g/mol. The number of ether oxygens (including phenoxy) is 1. The SMILES string of the molecule is CCCCCCCCOc1c(C)cc(S(N)(=O)=O)cc1C. The molecule has 0 atom stereocenters. The van der Waals surface area contributed by atoms with Crippen molar-refractivity contribution < 1.29 is 13.2 Å². The van der Waals surface area contributed by atoms with Crippen molar-refractivity contribution in [3.05, 3.63) is 23.3 Å². The second-order valence-electron chi connectivity index (χ2n) is 5.55.